The molecule has 1 aliphatic rings. The van der Waals surface area contributed by atoms with Crippen LogP contribution in [0.1, 0.15) is 37.5 Å². The molecule has 0 saturated heterocycles. The lowest BCUT2D eigenvalue weighted by molar-refractivity contribution is -0.150. The summed E-state index contributed by atoms with van der Waals surface area (Å²) in [5.74, 6) is -0.727. The summed E-state index contributed by atoms with van der Waals surface area (Å²) in [7, 11) is 0. The van der Waals surface area contributed by atoms with Crippen LogP contribution in [0.4, 0.5) is 0 Å². The molecule has 5 heteroatoms. The maximum absolute atomic E-state index is 12.1. The first-order valence-corrected chi connectivity index (χ1v) is 9.78. The van der Waals surface area contributed by atoms with Gasteiger partial charge in [-0.25, -0.2) is 4.79 Å². The number of nitrogens with one attached hydrogen (secondary N) is 1. The molecule has 1 heterocycles. The van der Waals surface area contributed by atoms with Gasteiger partial charge in [0.05, 0.1) is 0 Å². The van der Waals surface area contributed by atoms with Crippen LogP contribution in [0.3, 0.4) is 0 Å². The number of esters is 1. The van der Waals surface area contributed by atoms with Crippen molar-refractivity contribution in [3.8, 4) is 10.4 Å². The average Bonchev–Trinajstić information content (AvgIpc) is 3.32. The first-order valence-electron chi connectivity index (χ1n) is 8.96. The van der Waals surface area contributed by atoms with Gasteiger partial charge in [-0.1, -0.05) is 43.2 Å². The van der Waals surface area contributed by atoms with E-state index in [4.69, 9.17) is 4.74 Å². The molecule has 0 bridgehead atoms. The SMILES string of the molecule is C[C@H](OC(=O)/C=C/c1ccc(-c2ccccc2)s1)C(=O)NC1CCCC1. The molecule has 1 aliphatic carbocycles. The predicted octanol–water partition coefficient (Wildman–Crippen LogP) is 4.42. The minimum absolute atomic E-state index is 0.221. The molecular formula is C21H23NO3S. The lowest BCUT2D eigenvalue weighted by Gasteiger charge is -2.16. The monoisotopic (exact) mass is 369 g/mol. The Morgan fingerprint density at radius 1 is 1.15 bits per heavy atom. The van der Waals surface area contributed by atoms with Crippen molar-refractivity contribution >= 4 is 29.3 Å². The largest absolute Gasteiger partial charge is 0.449 e. The van der Waals surface area contributed by atoms with Crippen molar-refractivity contribution in [3.63, 3.8) is 0 Å². The summed E-state index contributed by atoms with van der Waals surface area (Å²) < 4.78 is 5.20. The van der Waals surface area contributed by atoms with Crippen molar-refractivity contribution in [1.29, 1.82) is 0 Å². The van der Waals surface area contributed by atoms with Gasteiger partial charge in [0.1, 0.15) is 0 Å². The van der Waals surface area contributed by atoms with Gasteiger partial charge in [-0.15, -0.1) is 11.3 Å². The Bertz CT molecular complexity index is 776. The standard InChI is InChI=1S/C21H23NO3S/c1-15(21(24)22-17-9-5-6-10-17)25-20(23)14-12-18-11-13-19(26-18)16-7-3-2-4-8-16/h2-4,7-8,11-15,17H,5-6,9-10H2,1H3,(H,22,24)/b14-12+/t15-/m0/s1. The predicted molar refractivity (Wildman–Crippen MR) is 105 cm³/mol. The number of carbonyl (C=O) groups is 2. The van der Waals surface area contributed by atoms with Crippen LogP contribution in [-0.2, 0) is 14.3 Å². The number of carbonyl (C=O) groups excluding carboxylic acids is 2. The van der Waals surface area contributed by atoms with E-state index in [-0.39, 0.29) is 11.9 Å². The number of ether oxygens (including phenoxy) is 1. The molecule has 1 N–H and O–H groups in total. The first-order chi connectivity index (χ1) is 12.6. The van der Waals surface area contributed by atoms with E-state index in [1.54, 1.807) is 24.3 Å². The van der Waals surface area contributed by atoms with Gasteiger partial charge < -0.3 is 10.1 Å². The van der Waals surface area contributed by atoms with Gasteiger partial charge in [-0.2, -0.15) is 0 Å². The quantitative estimate of drug-likeness (QED) is 0.606. The van der Waals surface area contributed by atoms with Gasteiger partial charge in [-0.05, 0) is 43.5 Å². The van der Waals surface area contributed by atoms with Crippen molar-refractivity contribution in [2.45, 2.75) is 44.8 Å². The van der Waals surface area contributed by atoms with Crippen LogP contribution >= 0.6 is 11.3 Å². The molecule has 1 aromatic carbocycles. The molecule has 0 spiro atoms. The van der Waals surface area contributed by atoms with Crippen molar-refractivity contribution < 1.29 is 14.3 Å². The highest BCUT2D eigenvalue weighted by Crippen LogP contribution is 2.28. The van der Waals surface area contributed by atoms with E-state index in [2.05, 4.69) is 17.4 Å². The van der Waals surface area contributed by atoms with Crippen LogP contribution in [0.5, 0.6) is 0 Å². The van der Waals surface area contributed by atoms with Crippen molar-refractivity contribution in [1.82, 2.24) is 5.32 Å². The van der Waals surface area contributed by atoms with E-state index in [0.29, 0.717) is 0 Å². The molecule has 4 nitrogen and oxygen atoms in total. The molecule has 136 valence electrons. The maximum atomic E-state index is 12.1. The summed E-state index contributed by atoms with van der Waals surface area (Å²) in [5.41, 5.74) is 1.15. The van der Waals surface area contributed by atoms with Gasteiger partial charge in [0, 0.05) is 21.9 Å². The van der Waals surface area contributed by atoms with E-state index >= 15 is 0 Å². The van der Waals surface area contributed by atoms with Crippen molar-refractivity contribution in [3.05, 3.63) is 53.4 Å². The molecule has 1 saturated carbocycles. The zero-order chi connectivity index (χ0) is 18.4. The number of amides is 1. The number of rotatable bonds is 6. The molecule has 26 heavy (non-hydrogen) atoms. The summed E-state index contributed by atoms with van der Waals surface area (Å²) in [6.07, 6.45) is 6.63. The zero-order valence-electron chi connectivity index (χ0n) is 14.8. The number of hydrogen-bond donors (Lipinski definition) is 1. The third-order valence-corrected chi connectivity index (χ3v) is 5.53. The highest BCUT2D eigenvalue weighted by atomic mass is 32.1. The van der Waals surface area contributed by atoms with Crippen molar-refractivity contribution in [2.24, 2.45) is 0 Å². The third kappa shape index (κ3) is 5.05. The lowest BCUT2D eigenvalue weighted by atomic mass is 10.2. The Balaban J connectivity index is 1.51. The van der Waals surface area contributed by atoms with Crippen molar-refractivity contribution in [2.75, 3.05) is 0 Å². The van der Waals surface area contributed by atoms with Gasteiger partial charge in [0.15, 0.2) is 6.10 Å². The fourth-order valence-electron chi connectivity index (χ4n) is 3.01. The summed E-state index contributed by atoms with van der Waals surface area (Å²) in [6, 6.07) is 14.3. The Morgan fingerprint density at radius 2 is 1.88 bits per heavy atom. The van der Waals surface area contributed by atoms with E-state index in [1.807, 2.05) is 30.3 Å². The van der Waals surface area contributed by atoms with Crippen LogP contribution in [0, 0.1) is 0 Å². The van der Waals surface area contributed by atoms with E-state index < -0.39 is 12.1 Å². The van der Waals surface area contributed by atoms with Crippen LogP contribution in [0.25, 0.3) is 16.5 Å². The van der Waals surface area contributed by atoms with Gasteiger partial charge in [-0.3, -0.25) is 4.79 Å². The topological polar surface area (TPSA) is 55.4 Å². The summed E-state index contributed by atoms with van der Waals surface area (Å²) >= 11 is 1.60. The van der Waals surface area contributed by atoms with Crippen LogP contribution < -0.4 is 5.32 Å². The maximum Gasteiger partial charge on any atom is 0.331 e. The number of hydrogen-bond acceptors (Lipinski definition) is 4. The van der Waals surface area contributed by atoms with E-state index in [1.165, 1.54) is 6.08 Å². The third-order valence-electron chi connectivity index (χ3n) is 4.43. The zero-order valence-corrected chi connectivity index (χ0v) is 15.6. The minimum atomic E-state index is -0.782. The van der Waals surface area contributed by atoms with Gasteiger partial charge in [0.2, 0.25) is 0 Å². The van der Waals surface area contributed by atoms with E-state index in [9.17, 15) is 9.59 Å². The molecule has 0 aliphatic heterocycles. The minimum Gasteiger partial charge on any atom is -0.449 e. The smallest absolute Gasteiger partial charge is 0.331 e. The molecule has 1 fully saturated rings. The number of benzene rings is 1. The average molecular weight is 369 g/mol. The highest BCUT2D eigenvalue weighted by Gasteiger charge is 2.22. The fourth-order valence-corrected chi connectivity index (χ4v) is 3.92. The second kappa shape index (κ2) is 8.81. The normalized spacial score (nSPS) is 15.9. The fraction of sp³-hybridized carbons (Fsp3) is 0.333. The second-order valence-electron chi connectivity index (χ2n) is 6.47. The highest BCUT2D eigenvalue weighted by molar-refractivity contribution is 7.16. The molecule has 0 radical (unpaired) electrons. The molecule has 1 amide bonds. The molecule has 2 aromatic rings. The molecular weight excluding hydrogens is 346 g/mol. The molecule has 3 rings (SSSR count). The Hall–Kier alpha value is -2.40. The van der Waals surface area contributed by atoms with Crippen LogP contribution in [-0.4, -0.2) is 24.0 Å². The summed E-state index contributed by atoms with van der Waals surface area (Å²) in [5, 5.41) is 2.94. The Morgan fingerprint density at radius 3 is 2.62 bits per heavy atom. The van der Waals surface area contributed by atoms with E-state index in [0.717, 1.165) is 41.0 Å². The number of thiophene rings is 1. The van der Waals surface area contributed by atoms with Gasteiger partial charge >= 0.3 is 5.97 Å². The molecule has 0 unspecified atom stereocenters. The van der Waals surface area contributed by atoms with Crippen LogP contribution in [0.2, 0.25) is 0 Å². The van der Waals surface area contributed by atoms with Crippen LogP contribution in [0.15, 0.2) is 48.5 Å². The summed E-state index contributed by atoms with van der Waals surface area (Å²) in [4.78, 5) is 26.1. The summed E-state index contributed by atoms with van der Waals surface area (Å²) in [6.45, 7) is 1.61. The molecule has 1 aromatic heterocycles. The van der Waals surface area contributed by atoms with Gasteiger partial charge in [0.25, 0.3) is 5.91 Å². The Kier molecular flexibility index (Phi) is 6.23. The first kappa shape index (κ1) is 18.4. The second-order valence-corrected chi connectivity index (χ2v) is 7.59. The lowest BCUT2D eigenvalue weighted by Crippen LogP contribution is -2.40. The molecule has 1 atom stereocenters. The Labute approximate surface area is 157 Å².